The van der Waals surface area contributed by atoms with Crippen LogP contribution >= 0.6 is 11.8 Å². The van der Waals surface area contributed by atoms with Crippen LogP contribution in [-0.2, 0) is 20.8 Å². The maximum absolute atomic E-state index is 12.3. The highest BCUT2D eigenvalue weighted by atomic mass is 32.2. The largest absolute Gasteiger partial charge is 0.508 e. The second-order valence-electron chi connectivity index (χ2n) is 5.27. The van der Waals surface area contributed by atoms with Crippen LogP contribution < -0.4 is 5.32 Å². The van der Waals surface area contributed by atoms with Gasteiger partial charge in [-0.15, -0.1) is 11.8 Å². The third-order valence-corrected chi connectivity index (χ3v) is 4.59. The number of carboxylic acid groups (broad SMARTS) is 1. The highest BCUT2D eigenvalue weighted by Gasteiger charge is 2.34. The van der Waals surface area contributed by atoms with Gasteiger partial charge in [-0.3, -0.25) is 9.59 Å². The Morgan fingerprint density at radius 2 is 2.00 bits per heavy atom. The van der Waals surface area contributed by atoms with Crippen molar-refractivity contribution >= 4 is 29.5 Å². The number of thioether (sulfide) groups is 1. The van der Waals surface area contributed by atoms with Crippen LogP contribution in [-0.4, -0.2) is 56.6 Å². The predicted molar refractivity (Wildman–Crippen MR) is 85.0 cm³/mol. The van der Waals surface area contributed by atoms with Gasteiger partial charge in [0.15, 0.2) is 0 Å². The fourth-order valence-electron chi connectivity index (χ4n) is 2.31. The van der Waals surface area contributed by atoms with Crippen LogP contribution in [0.2, 0.25) is 0 Å². The minimum atomic E-state index is -1.15. The summed E-state index contributed by atoms with van der Waals surface area (Å²) in [6.45, 7) is 1.39. The van der Waals surface area contributed by atoms with Crippen molar-refractivity contribution in [3.05, 3.63) is 29.8 Å². The molecule has 2 rings (SSSR count). The molecule has 1 saturated heterocycles. The van der Waals surface area contributed by atoms with Crippen LogP contribution in [0.15, 0.2) is 24.3 Å². The average molecular weight is 338 g/mol. The van der Waals surface area contributed by atoms with Crippen molar-refractivity contribution in [2.75, 3.05) is 11.6 Å². The van der Waals surface area contributed by atoms with Crippen LogP contribution in [0.1, 0.15) is 12.5 Å². The number of carbonyl (C=O) groups excluding carboxylic acids is 2. The summed E-state index contributed by atoms with van der Waals surface area (Å²) < 4.78 is 0. The fraction of sp³-hybridized carbons (Fsp3) is 0.400. The number of aromatic hydroxyl groups is 1. The molecule has 124 valence electrons. The Kier molecular flexibility index (Phi) is 5.49. The Morgan fingerprint density at radius 1 is 1.35 bits per heavy atom. The van der Waals surface area contributed by atoms with Crippen molar-refractivity contribution < 1.29 is 24.6 Å². The first kappa shape index (κ1) is 17.1. The van der Waals surface area contributed by atoms with Gasteiger partial charge in [0, 0.05) is 19.1 Å². The Balaban J connectivity index is 2.04. The number of aliphatic carboxylic acids is 1. The maximum Gasteiger partial charge on any atom is 0.326 e. The van der Waals surface area contributed by atoms with E-state index in [1.165, 1.54) is 35.7 Å². The van der Waals surface area contributed by atoms with E-state index >= 15 is 0 Å². The van der Waals surface area contributed by atoms with E-state index in [1.807, 2.05) is 0 Å². The molecule has 1 aliphatic rings. The molecule has 23 heavy (non-hydrogen) atoms. The lowest BCUT2D eigenvalue weighted by molar-refractivity contribution is -0.143. The van der Waals surface area contributed by atoms with E-state index in [0.717, 1.165) is 0 Å². The number of nitrogens with zero attached hydrogens (tertiary/aromatic N) is 1. The summed E-state index contributed by atoms with van der Waals surface area (Å²) in [4.78, 5) is 36.6. The van der Waals surface area contributed by atoms with Crippen LogP contribution in [0.5, 0.6) is 5.75 Å². The number of benzene rings is 1. The molecule has 0 aliphatic carbocycles. The molecule has 1 aromatic carbocycles. The summed E-state index contributed by atoms with van der Waals surface area (Å²) in [5.41, 5.74) is 0.680. The smallest absolute Gasteiger partial charge is 0.326 e. The standard InChI is InChI=1S/C15H18N2O5S/c1-9(18)17-8-23-7-13(17)14(20)16-12(15(21)22)6-10-2-4-11(19)5-3-10/h2-5,12-13,19H,6-8H2,1H3,(H,16,20)(H,21,22)/t12-,13-/m0/s1. The van der Waals surface area contributed by atoms with Crippen LogP contribution in [0.25, 0.3) is 0 Å². The summed E-state index contributed by atoms with van der Waals surface area (Å²) in [7, 11) is 0. The Labute approximate surface area is 137 Å². The van der Waals surface area contributed by atoms with Crippen molar-refractivity contribution in [2.45, 2.75) is 25.4 Å². The number of amides is 2. The number of carboxylic acids is 1. The number of phenols is 1. The molecule has 0 saturated carbocycles. The molecular weight excluding hydrogens is 320 g/mol. The number of phenolic OH excluding ortho intramolecular Hbond substituents is 1. The van der Waals surface area contributed by atoms with E-state index in [4.69, 9.17) is 0 Å². The predicted octanol–water partition coefficient (Wildman–Crippen LogP) is 0.425. The molecule has 0 unspecified atom stereocenters. The van der Waals surface area contributed by atoms with Gasteiger partial charge in [-0.05, 0) is 17.7 Å². The molecule has 1 fully saturated rings. The number of rotatable bonds is 5. The maximum atomic E-state index is 12.3. The third-order valence-electron chi connectivity index (χ3n) is 3.58. The SMILES string of the molecule is CC(=O)N1CSC[C@H]1C(=O)N[C@@H](Cc1ccc(O)cc1)C(=O)O. The van der Waals surface area contributed by atoms with Gasteiger partial charge in [0.1, 0.15) is 17.8 Å². The van der Waals surface area contributed by atoms with E-state index in [-0.39, 0.29) is 18.1 Å². The zero-order chi connectivity index (χ0) is 17.0. The first-order valence-corrected chi connectivity index (χ1v) is 8.20. The minimum Gasteiger partial charge on any atom is -0.508 e. The lowest BCUT2D eigenvalue weighted by Gasteiger charge is -2.23. The zero-order valence-electron chi connectivity index (χ0n) is 12.6. The second kappa shape index (κ2) is 7.36. The van der Waals surface area contributed by atoms with E-state index < -0.39 is 24.0 Å². The molecule has 0 bridgehead atoms. The van der Waals surface area contributed by atoms with Crippen LogP contribution in [0, 0.1) is 0 Å². The van der Waals surface area contributed by atoms with Gasteiger partial charge in [-0.2, -0.15) is 0 Å². The van der Waals surface area contributed by atoms with E-state index in [2.05, 4.69) is 5.32 Å². The summed E-state index contributed by atoms with van der Waals surface area (Å²) in [5, 5.41) is 21.0. The molecule has 2 amide bonds. The van der Waals surface area contributed by atoms with Crippen molar-refractivity contribution in [1.82, 2.24) is 10.2 Å². The van der Waals surface area contributed by atoms with Gasteiger partial charge in [-0.25, -0.2) is 4.79 Å². The molecule has 1 heterocycles. The quantitative estimate of drug-likeness (QED) is 0.718. The van der Waals surface area contributed by atoms with Gasteiger partial charge >= 0.3 is 5.97 Å². The molecule has 0 aromatic heterocycles. The highest BCUT2D eigenvalue weighted by Crippen LogP contribution is 2.21. The van der Waals surface area contributed by atoms with E-state index in [1.54, 1.807) is 12.1 Å². The monoisotopic (exact) mass is 338 g/mol. The summed E-state index contributed by atoms with van der Waals surface area (Å²) in [5.74, 6) is -0.840. The Morgan fingerprint density at radius 3 is 2.57 bits per heavy atom. The number of hydrogen-bond acceptors (Lipinski definition) is 5. The number of nitrogens with one attached hydrogen (secondary N) is 1. The topological polar surface area (TPSA) is 107 Å². The number of carbonyl (C=O) groups is 3. The molecule has 1 aliphatic heterocycles. The number of hydrogen-bond donors (Lipinski definition) is 3. The highest BCUT2D eigenvalue weighted by molar-refractivity contribution is 7.99. The molecule has 0 spiro atoms. The third kappa shape index (κ3) is 4.38. The molecule has 8 heteroatoms. The minimum absolute atomic E-state index is 0.0877. The Bertz CT molecular complexity index is 604. The van der Waals surface area contributed by atoms with Gasteiger partial charge in [0.25, 0.3) is 0 Å². The van der Waals surface area contributed by atoms with Crippen LogP contribution in [0.4, 0.5) is 0 Å². The molecule has 2 atom stereocenters. The zero-order valence-corrected chi connectivity index (χ0v) is 13.4. The summed E-state index contributed by atoms with van der Waals surface area (Å²) in [6, 6.07) is 4.39. The lowest BCUT2D eigenvalue weighted by atomic mass is 10.1. The first-order valence-electron chi connectivity index (χ1n) is 7.04. The molecular formula is C15H18N2O5S. The van der Waals surface area contributed by atoms with Crippen molar-refractivity contribution in [2.24, 2.45) is 0 Å². The van der Waals surface area contributed by atoms with Crippen molar-refractivity contribution in [3.63, 3.8) is 0 Å². The van der Waals surface area contributed by atoms with E-state index in [0.29, 0.717) is 17.2 Å². The molecule has 3 N–H and O–H groups in total. The summed E-state index contributed by atoms with van der Waals surface area (Å²) in [6.07, 6.45) is 0.0985. The van der Waals surface area contributed by atoms with Gasteiger partial charge in [0.05, 0.1) is 5.88 Å². The van der Waals surface area contributed by atoms with Crippen LogP contribution in [0.3, 0.4) is 0 Å². The van der Waals surface area contributed by atoms with Gasteiger partial charge < -0.3 is 20.4 Å². The fourth-order valence-corrected chi connectivity index (χ4v) is 3.52. The summed E-state index contributed by atoms with van der Waals surface area (Å²) >= 11 is 1.46. The van der Waals surface area contributed by atoms with Crippen molar-refractivity contribution in [1.29, 1.82) is 0 Å². The normalized spacial score (nSPS) is 18.5. The lowest BCUT2D eigenvalue weighted by Crippen LogP contribution is -2.52. The van der Waals surface area contributed by atoms with Gasteiger partial charge in [-0.1, -0.05) is 12.1 Å². The second-order valence-corrected chi connectivity index (χ2v) is 6.27. The molecule has 0 radical (unpaired) electrons. The average Bonchev–Trinajstić information content (AvgIpc) is 2.98. The molecule has 7 nitrogen and oxygen atoms in total. The van der Waals surface area contributed by atoms with Gasteiger partial charge in [0.2, 0.25) is 11.8 Å². The first-order chi connectivity index (χ1) is 10.9. The van der Waals surface area contributed by atoms with Crippen molar-refractivity contribution in [3.8, 4) is 5.75 Å². The van der Waals surface area contributed by atoms with E-state index in [9.17, 15) is 24.6 Å². The Hall–Kier alpha value is -2.22. The molecule has 1 aromatic rings.